The Kier molecular flexibility index (Phi) is 5.02. The van der Waals surface area contributed by atoms with Crippen LogP contribution in [0.4, 0.5) is 10.5 Å². The van der Waals surface area contributed by atoms with Gasteiger partial charge in [0.05, 0.1) is 11.5 Å². The van der Waals surface area contributed by atoms with E-state index < -0.39 is 9.84 Å². The predicted octanol–water partition coefficient (Wildman–Crippen LogP) is 2.86. The number of rotatable bonds is 1. The molecule has 2 rings (SSSR count). The summed E-state index contributed by atoms with van der Waals surface area (Å²) in [5.74, 6) is 0.0891. The van der Waals surface area contributed by atoms with Crippen LogP contribution in [-0.4, -0.2) is 43.9 Å². The van der Waals surface area contributed by atoms with Gasteiger partial charge in [-0.3, -0.25) is 0 Å². The standard InChI is InChI=1S/C15H21ClN2O3S/c1-10-8-18(4-5-22(20,21)9-10)15(19)17-13-6-11(2)14(16)12(3)7-13/h6-7,10H,4-5,8-9H2,1-3H3,(H,17,19). The Morgan fingerprint density at radius 2 is 1.91 bits per heavy atom. The van der Waals surface area contributed by atoms with Gasteiger partial charge in [-0.05, 0) is 43.0 Å². The van der Waals surface area contributed by atoms with Gasteiger partial charge in [0.2, 0.25) is 0 Å². The van der Waals surface area contributed by atoms with Crippen molar-refractivity contribution in [3.05, 3.63) is 28.3 Å². The minimum atomic E-state index is -3.07. The number of halogens is 1. The van der Waals surface area contributed by atoms with Crippen molar-refractivity contribution < 1.29 is 13.2 Å². The number of anilines is 1. The van der Waals surface area contributed by atoms with Crippen LogP contribution in [-0.2, 0) is 9.84 Å². The average molecular weight is 345 g/mol. The Bertz CT molecular complexity index is 665. The Balaban J connectivity index is 2.12. The van der Waals surface area contributed by atoms with Gasteiger partial charge >= 0.3 is 6.03 Å². The number of urea groups is 1. The van der Waals surface area contributed by atoms with E-state index in [4.69, 9.17) is 11.6 Å². The zero-order valence-electron chi connectivity index (χ0n) is 13.0. The maximum Gasteiger partial charge on any atom is 0.321 e. The van der Waals surface area contributed by atoms with E-state index in [2.05, 4.69) is 5.32 Å². The SMILES string of the molecule is Cc1cc(NC(=O)N2CCS(=O)(=O)CC(C)C2)cc(C)c1Cl. The van der Waals surface area contributed by atoms with Crippen LogP contribution in [0, 0.1) is 19.8 Å². The summed E-state index contributed by atoms with van der Waals surface area (Å²) in [6.07, 6.45) is 0. The van der Waals surface area contributed by atoms with E-state index in [0.717, 1.165) is 11.1 Å². The van der Waals surface area contributed by atoms with Crippen LogP contribution in [0.2, 0.25) is 5.02 Å². The highest BCUT2D eigenvalue weighted by Gasteiger charge is 2.27. The molecule has 122 valence electrons. The van der Waals surface area contributed by atoms with Gasteiger partial charge in [0.25, 0.3) is 0 Å². The normalized spacial score (nSPS) is 21.3. The highest BCUT2D eigenvalue weighted by molar-refractivity contribution is 7.91. The summed E-state index contributed by atoms with van der Waals surface area (Å²) in [6.45, 7) is 6.28. The highest BCUT2D eigenvalue weighted by Crippen LogP contribution is 2.24. The predicted molar refractivity (Wildman–Crippen MR) is 89.3 cm³/mol. The van der Waals surface area contributed by atoms with Crippen LogP contribution in [0.25, 0.3) is 0 Å². The lowest BCUT2D eigenvalue weighted by molar-refractivity contribution is 0.210. The van der Waals surface area contributed by atoms with Gasteiger partial charge in [-0.1, -0.05) is 18.5 Å². The van der Waals surface area contributed by atoms with Crippen molar-refractivity contribution in [2.45, 2.75) is 20.8 Å². The molecule has 1 aliphatic rings. The molecule has 1 unspecified atom stereocenters. The number of hydrogen-bond donors (Lipinski definition) is 1. The van der Waals surface area contributed by atoms with E-state index in [1.165, 1.54) is 0 Å². The van der Waals surface area contributed by atoms with Crippen molar-refractivity contribution in [2.24, 2.45) is 5.92 Å². The van der Waals surface area contributed by atoms with E-state index >= 15 is 0 Å². The Morgan fingerprint density at radius 3 is 2.50 bits per heavy atom. The van der Waals surface area contributed by atoms with Gasteiger partial charge in [0, 0.05) is 23.8 Å². The topological polar surface area (TPSA) is 66.5 Å². The van der Waals surface area contributed by atoms with Crippen LogP contribution in [0.1, 0.15) is 18.1 Å². The number of amides is 2. The maximum absolute atomic E-state index is 12.4. The molecule has 22 heavy (non-hydrogen) atoms. The number of nitrogens with zero attached hydrogens (tertiary/aromatic N) is 1. The van der Waals surface area contributed by atoms with E-state index in [1.54, 1.807) is 4.90 Å². The first-order valence-corrected chi connectivity index (χ1v) is 9.41. The van der Waals surface area contributed by atoms with Crippen LogP contribution in [0.15, 0.2) is 12.1 Å². The third-order valence-corrected chi connectivity index (χ3v) is 6.20. The van der Waals surface area contributed by atoms with Crippen LogP contribution in [0.3, 0.4) is 0 Å². The lowest BCUT2D eigenvalue weighted by Gasteiger charge is -2.22. The van der Waals surface area contributed by atoms with E-state index in [-0.39, 0.29) is 30.0 Å². The van der Waals surface area contributed by atoms with Crippen molar-refractivity contribution in [3.8, 4) is 0 Å². The van der Waals surface area contributed by atoms with Crippen LogP contribution >= 0.6 is 11.6 Å². The molecule has 1 saturated heterocycles. The monoisotopic (exact) mass is 344 g/mol. The summed E-state index contributed by atoms with van der Waals surface area (Å²) in [7, 11) is -3.07. The van der Waals surface area contributed by atoms with Gasteiger partial charge < -0.3 is 10.2 Å². The fourth-order valence-electron chi connectivity index (χ4n) is 2.69. The second-order valence-electron chi connectivity index (χ2n) is 6.02. The van der Waals surface area contributed by atoms with Gasteiger partial charge in [0.15, 0.2) is 9.84 Å². The third-order valence-electron chi connectivity index (χ3n) is 3.72. The summed E-state index contributed by atoms with van der Waals surface area (Å²) in [5, 5.41) is 3.52. The van der Waals surface area contributed by atoms with Gasteiger partial charge in [-0.2, -0.15) is 0 Å². The quantitative estimate of drug-likeness (QED) is 0.851. The minimum absolute atomic E-state index is 0.0173. The third kappa shape index (κ3) is 4.14. The largest absolute Gasteiger partial charge is 0.323 e. The van der Waals surface area contributed by atoms with Crippen molar-refractivity contribution in [1.29, 1.82) is 0 Å². The van der Waals surface area contributed by atoms with Gasteiger partial charge in [0.1, 0.15) is 0 Å². The van der Waals surface area contributed by atoms with Crippen molar-refractivity contribution in [3.63, 3.8) is 0 Å². The molecule has 0 spiro atoms. The zero-order chi connectivity index (χ0) is 16.5. The Hall–Kier alpha value is -1.27. The van der Waals surface area contributed by atoms with Crippen LogP contribution < -0.4 is 5.32 Å². The van der Waals surface area contributed by atoms with E-state index in [0.29, 0.717) is 17.3 Å². The van der Waals surface area contributed by atoms with Crippen molar-refractivity contribution in [2.75, 3.05) is 29.9 Å². The molecule has 0 bridgehead atoms. The summed E-state index contributed by atoms with van der Waals surface area (Å²) in [4.78, 5) is 13.9. The molecule has 7 heteroatoms. The molecule has 1 aromatic rings. The Morgan fingerprint density at radius 1 is 1.32 bits per heavy atom. The molecule has 1 aromatic carbocycles. The maximum atomic E-state index is 12.4. The number of carbonyl (C=O) groups excluding carboxylic acids is 1. The van der Waals surface area contributed by atoms with Gasteiger partial charge in [-0.25, -0.2) is 13.2 Å². The number of sulfone groups is 1. The number of hydrogen-bond acceptors (Lipinski definition) is 3. The van der Waals surface area contributed by atoms with Crippen LogP contribution in [0.5, 0.6) is 0 Å². The van der Waals surface area contributed by atoms with Crippen molar-refractivity contribution >= 4 is 33.2 Å². The Labute approximate surface area is 136 Å². The first-order valence-electron chi connectivity index (χ1n) is 7.21. The molecular weight excluding hydrogens is 324 g/mol. The molecule has 0 saturated carbocycles. The number of nitrogens with one attached hydrogen (secondary N) is 1. The fraction of sp³-hybridized carbons (Fsp3) is 0.533. The first-order chi connectivity index (χ1) is 10.2. The number of aryl methyl sites for hydroxylation is 2. The average Bonchev–Trinajstić information content (AvgIpc) is 2.53. The summed E-state index contributed by atoms with van der Waals surface area (Å²) in [6, 6.07) is 3.35. The minimum Gasteiger partial charge on any atom is -0.323 e. The second kappa shape index (κ2) is 6.46. The zero-order valence-corrected chi connectivity index (χ0v) is 14.6. The second-order valence-corrected chi connectivity index (χ2v) is 8.63. The lowest BCUT2D eigenvalue weighted by atomic mass is 10.1. The fourth-order valence-corrected chi connectivity index (χ4v) is 4.44. The molecule has 1 heterocycles. The molecule has 5 nitrogen and oxygen atoms in total. The highest BCUT2D eigenvalue weighted by atomic mass is 35.5. The smallest absolute Gasteiger partial charge is 0.321 e. The summed E-state index contributed by atoms with van der Waals surface area (Å²) in [5.41, 5.74) is 2.46. The molecule has 0 aromatic heterocycles. The molecule has 0 radical (unpaired) electrons. The molecule has 1 fully saturated rings. The molecule has 1 aliphatic heterocycles. The summed E-state index contributed by atoms with van der Waals surface area (Å²) >= 11 is 6.12. The number of benzene rings is 1. The molecule has 1 N–H and O–H groups in total. The molecule has 0 aliphatic carbocycles. The van der Waals surface area contributed by atoms with Gasteiger partial charge in [-0.15, -0.1) is 0 Å². The van der Waals surface area contributed by atoms with E-state index in [1.807, 2.05) is 32.9 Å². The summed E-state index contributed by atoms with van der Waals surface area (Å²) < 4.78 is 23.5. The molecule has 1 atom stereocenters. The lowest BCUT2D eigenvalue weighted by Crippen LogP contribution is -2.38. The number of carbonyl (C=O) groups is 1. The van der Waals surface area contributed by atoms with E-state index in [9.17, 15) is 13.2 Å². The molecule has 2 amide bonds. The first kappa shape index (κ1) is 17.1. The molecular formula is C15H21ClN2O3S. The van der Waals surface area contributed by atoms with Crippen molar-refractivity contribution in [1.82, 2.24) is 4.90 Å².